The Bertz CT molecular complexity index is 134. The number of nitrogens with two attached hydrogens (primary N) is 1. The van der Waals surface area contributed by atoms with E-state index in [1.807, 2.05) is 21.6 Å². The van der Waals surface area contributed by atoms with Crippen molar-refractivity contribution in [3.05, 3.63) is 0 Å². The lowest BCUT2D eigenvalue weighted by atomic mass is 10.0. The molecule has 0 radical (unpaired) electrons. The van der Waals surface area contributed by atoms with Gasteiger partial charge in [0.1, 0.15) is 0 Å². The third-order valence-electron chi connectivity index (χ3n) is 2.51. The van der Waals surface area contributed by atoms with Crippen LogP contribution in [0.3, 0.4) is 0 Å². The molecule has 2 atom stereocenters. The zero-order valence-corrected chi connectivity index (χ0v) is 10.2. The van der Waals surface area contributed by atoms with Crippen molar-refractivity contribution in [2.45, 2.75) is 19.9 Å². The third kappa shape index (κ3) is 4.58. The molecule has 2 N–H and O–H groups in total. The molecule has 2 nitrogen and oxygen atoms in total. The highest BCUT2D eigenvalue weighted by atomic mass is 33.1. The van der Waals surface area contributed by atoms with E-state index in [4.69, 9.17) is 5.73 Å². The van der Waals surface area contributed by atoms with Gasteiger partial charge in [0.2, 0.25) is 0 Å². The Morgan fingerprint density at radius 2 is 1.77 bits per heavy atom. The van der Waals surface area contributed by atoms with Crippen LogP contribution in [-0.4, -0.2) is 42.1 Å². The van der Waals surface area contributed by atoms with Crippen molar-refractivity contribution in [1.29, 1.82) is 0 Å². The largest absolute Gasteiger partial charge is 0.328 e. The molecule has 0 aliphatic carbocycles. The first kappa shape index (κ1) is 11.7. The van der Waals surface area contributed by atoms with Gasteiger partial charge in [-0.2, -0.15) is 0 Å². The van der Waals surface area contributed by atoms with E-state index < -0.39 is 0 Å². The molecule has 1 aliphatic rings. The minimum atomic E-state index is 0.323. The molecule has 0 aromatic heterocycles. The van der Waals surface area contributed by atoms with Crippen LogP contribution in [-0.2, 0) is 0 Å². The number of rotatable bonds is 3. The Morgan fingerprint density at radius 1 is 1.23 bits per heavy atom. The normalized spacial score (nSPS) is 25.2. The molecule has 78 valence electrons. The van der Waals surface area contributed by atoms with Gasteiger partial charge in [0.05, 0.1) is 0 Å². The van der Waals surface area contributed by atoms with E-state index in [0.29, 0.717) is 12.0 Å². The van der Waals surface area contributed by atoms with Crippen molar-refractivity contribution in [2.75, 3.05) is 31.1 Å². The fraction of sp³-hybridized carbons (Fsp3) is 1.00. The second kappa shape index (κ2) is 6.17. The third-order valence-corrected chi connectivity index (χ3v) is 4.87. The van der Waals surface area contributed by atoms with Crippen molar-refractivity contribution >= 4 is 21.6 Å². The van der Waals surface area contributed by atoms with Gasteiger partial charge in [0.15, 0.2) is 0 Å². The Labute approximate surface area is 89.4 Å². The van der Waals surface area contributed by atoms with E-state index in [1.165, 1.54) is 31.1 Å². The Balaban J connectivity index is 2.25. The first-order chi connectivity index (χ1) is 6.20. The zero-order chi connectivity index (χ0) is 9.68. The van der Waals surface area contributed by atoms with E-state index in [1.54, 1.807) is 0 Å². The molecular formula is C9H20N2S2. The summed E-state index contributed by atoms with van der Waals surface area (Å²) in [6.07, 6.45) is 0. The Hall–Kier alpha value is 0.620. The summed E-state index contributed by atoms with van der Waals surface area (Å²) in [6, 6.07) is 0.323. The minimum absolute atomic E-state index is 0.323. The van der Waals surface area contributed by atoms with Gasteiger partial charge in [-0.15, -0.1) is 0 Å². The minimum Gasteiger partial charge on any atom is -0.328 e. The Kier molecular flexibility index (Phi) is 5.55. The summed E-state index contributed by atoms with van der Waals surface area (Å²) in [5.41, 5.74) is 5.86. The first-order valence-corrected chi connectivity index (χ1v) is 7.41. The van der Waals surface area contributed by atoms with Crippen LogP contribution in [0.4, 0.5) is 0 Å². The lowest BCUT2D eigenvalue weighted by molar-refractivity contribution is 0.250. The standard InChI is InChI=1S/C9H20N2S2/c1-8(9(2)10)7-11-3-5-12-13-6-4-11/h8-9H,3-7,10H2,1-2H3. The lowest BCUT2D eigenvalue weighted by Crippen LogP contribution is -2.37. The fourth-order valence-corrected chi connectivity index (χ4v) is 3.37. The molecule has 0 saturated carbocycles. The van der Waals surface area contributed by atoms with Crippen LogP contribution in [0.2, 0.25) is 0 Å². The predicted octanol–water partition coefficient (Wildman–Crippen LogP) is 1.67. The summed E-state index contributed by atoms with van der Waals surface area (Å²) in [6.45, 7) is 7.98. The maximum Gasteiger partial charge on any atom is 0.0165 e. The molecule has 1 saturated heterocycles. The average molecular weight is 220 g/mol. The zero-order valence-electron chi connectivity index (χ0n) is 8.53. The second-order valence-electron chi connectivity index (χ2n) is 3.78. The van der Waals surface area contributed by atoms with Crippen LogP contribution in [0.25, 0.3) is 0 Å². The highest BCUT2D eigenvalue weighted by molar-refractivity contribution is 8.76. The maximum absolute atomic E-state index is 5.86. The van der Waals surface area contributed by atoms with Crippen LogP contribution < -0.4 is 5.73 Å². The van der Waals surface area contributed by atoms with Crippen molar-refractivity contribution < 1.29 is 0 Å². The highest BCUT2D eigenvalue weighted by Crippen LogP contribution is 2.24. The monoisotopic (exact) mass is 220 g/mol. The van der Waals surface area contributed by atoms with Gasteiger partial charge in [0, 0.05) is 37.2 Å². The molecule has 4 heteroatoms. The van der Waals surface area contributed by atoms with Gasteiger partial charge in [-0.05, 0) is 12.8 Å². The van der Waals surface area contributed by atoms with Crippen LogP contribution in [0.15, 0.2) is 0 Å². The molecule has 1 heterocycles. The average Bonchev–Trinajstić information content (AvgIpc) is 2.32. The maximum atomic E-state index is 5.86. The van der Waals surface area contributed by atoms with Gasteiger partial charge >= 0.3 is 0 Å². The number of nitrogens with zero attached hydrogens (tertiary/aromatic N) is 1. The summed E-state index contributed by atoms with van der Waals surface area (Å²) in [7, 11) is 4.00. The lowest BCUT2D eigenvalue weighted by Gasteiger charge is -2.25. The van der Waals surface area contributed by atoms with Crippen LogP contribution in [0.5, 0.6) is 0 Å². The van der Waals surface area contributed by atoms with Crippen LogP contribution in [0, 0.1) is 5.92 Å². The molecule has 0 spiro atoms. The fourth-order valence-electron chi connectivity index (χ4n) is 1.32. The van der Waals surface area contributed by atoms with Crippen molar-refractivity contribution in [3.63, 3.8) is 0 Å². The second-order valence-corrected chi connectivity index (χ2v) is 6.48. The summed E-state index contributed by atoms with van der Waals surface area (Å²) in [5.74, 6) is 3.14. The van der Waals surface area contributed by atoms with Crippen molar-refractivity contribution in [2.24, 2.45) is 11.7 Å². The van der Waals surface area contributed by atoms with Gasteiger partial charge in [-0.1, -0.05) is 28.5 Å². The molecule has 0 amide bonds. The van der Waals surface area contributed by atoms with Gasteiger partial charge in [-0.25, -0.2) is 0 Å². The van der Waals surface area contributed by atoms with Crippen molar-refractivity contribution in [3.8, 4) is 0 Å². The molecular weight excluding hydrogens is 200 g/mol. The van der Waals surface area contributed by atoms with E-state index in [9.17, 15) is 0 Å². The smallest absolute Gasteiger partial charge is 0.0165 e. The molecule has 0 bridgehead atoms. The quantitative estimate of drug-likeness (QED) is 0.733. The van der Waals surface area contributed by atoms with E-state index in [-0.39, 0.29) is 0 Å². The van der Waals surface area contributed by atoms with E-state index in [2.05, 4.69) is 18.7 Å². The summed E-state index contributed by atoms with van der Waals surface area (Å²) in [4.78, 5) is 2.54. The molecule has 1 fully saturated rings. The molecule has 2 unspecified atom stereocenters. The highest BCUT2D eigenvalue weighted by Gasteiger charge is 2.14. The molecule has 1 aliphatic heterocycles. The molecule has 0 aromatic carbocycles. The molecule has 0 aromatic rings. The molecule has 1 rings (SSSR count). The SMILES string of the molecule is CC(N)C(C)CN1CCSSCC1. The van der Waals surface area contributed by atoms with Crippen molar-refractivity contribution in [1.82, 2.24) is 4.90 Å². The predicted molar refractivity (Wildman–Crippen MR) is 64.2 cm³/mol. The van der Waals surface area contributed by atoms with Gasteiger partial charge in [-0.3, -0.25) is 0 Å². The van der Waals surface area contributed by atoms with Gasteiger partial charge in [0.25, 0.3) is 0 Å². The topological polar surface area (TPSA) is 29.3 Å². The number of hydrogen-bond donors (Lipinski definition) is 1. The van der Waals surface area contributed by atoms with Crippen LogP contribution in [0.1, 0.15) is 13.8 Å². The first-order valence-electron chi connectivity index (χ1n) is 4.92. The summed E-state index contributed by atoms with van der Waals surface area (Å²) < 4.78 is 0. The summed E-state index contributed by atoms with van der Waals surface area (Å²) in [5, 5.41) is 0. The number of hydrogen-bond acceptors (Lipinski definition) is 4. The molecule has 13 heavy (non-hydrogen) atoms. The van der Waals surface area contributed by atoms with Crippen LogP contribution >= 0.6 is 21.6 Å². The van der Waals surface area contributed by atoms with E-state index >= 15 is 0 Å². The Morgan fingerprint density at radius 3 is 2.23 bits per heavy atom. The van der Waals surface area contributed by atoms with Gasteiger partial charge < -0.3 is 10.6 Å². The summed E-state index contributed by atoms with van der Waals surface area (Å²) >= 11 is 0. The van der Waals surface area contributed by atoms with E-state index in [0.717, 1.165) is 0 Å².